The van der Waals surface area contributed by atoms with Crippen molar-refractivity contribution in [3.8, 4) is 0 Å². The van der Waals surface area contributed by atoms with E-state index >= 15 is 0 Å². The SMILES string of the molecule is CC(=O)N(C)C(C(N)=S)c1ccc(N(C)C)cc1. The van der Waals surface area contributed by atoms with Gasteiger partial charge in [-0.3, -0.25) is 4.79 Å². The number of benzene rings is 1. The molecule has 1 rings (SSSR count). The molecule has 18 heavy (non-hydrogen) atoms. The van der Waals surface area contributed by atoms with Crippen molar-refractivity contribution < 1.29 is 4.79 Å². The third-order valence-electron chi connectivity index (χ3n) is 2.88. The van der Waals surface area contributed by atoms with Gasteiger partial charge in [0, 0.05) is 33.8 Å². The van der Waals surface area contributed by atoms with Crippen LogP contribution in [0.15, 0.2) is 24.3 Å². The van der Waals surface area contributed by atoms with Gasteiger partial charge in [-0.15, -0.1) is 0 Å². The van der Waals surface area contributed by atoms with E-state index in [4.69, 9.17) is 18.0 Å². The summed E-state index contributed by atoms with van der Waals surface area (Å²) in [4.78, 5) is 15.3. The lowest BCUT2D eigenvalue weighted by atomic mass is 10.0. The van der Waals surface area contributed by atoms with E-state index in [0.29, 0.717) is 4.99 Å². The standard InChI is InChI=1S/C13H19N3OS/c1-9(17)16(4)12(13(14)18)10-5-7-11(8-6-10)15(2)3/h5-8,12H,1-4H3,(H2,14,18). The first-order valence-corrected chi connectivity index (χ1v) is 6.05. The fourth-order valence-electron chi connectivity index (χ4n) is 1.72. The van der Waals surface area contributed by atoms with Crippen LogP contribution in [0.1, 0.15) is 18.5 Å². The summed E-state index contributed by atoms with van der Waals surface area (Å²) in [6, 6.07) is 7.49. The second-order valence-electron chi connectivity index (χ2n) is 4.42. The zero-order valence-electron chi connectivity index (χ0n) is 11.2. The minimum Gasteiger partial charge on any atom is -0.391 e. The molecule has 0 aliphatic carbocycles. The van der Waals surface area contributed by atoms with E-state index in [1.54, 1.807) is 11.9 Å². The lowest BCUT2D eigenvalue weighted by Crippen LogP contribution is -2.37. The van der Waals surface area contributed by atoms with Gasteiger partial charge in [0.25, 0.3) is 0 Å². The van der Waals surface area contributed by atoms with Crippen molar-refractivity contribution in [2.45, 2.75) is 13.0 Å². The molecule has 0 heterocycles. The van der Waals surface area contributed by atoms with Crippen LogP contribution in [-0.4, -0.2) is 36.9 Å². The van der Waals surface area contributed by atoms with Crippen LogP contribution in [0.3, 0.4) is 0 Å². The summed E-state index contributed by atoms with van der Waals surface area (Å²) in [6.45, 7) is 1.50. The first-order chi connectivity index (χ1) is 8.34. The summed E-state index contributed by atoms with van der Waals surface area (Å²) in [5.41, 5.74) is 7.74. The first-order valence-electron chi connectivity index (χ1n) is 5.64. The number of anilines is 1. The van der Waals surface area contributed by atoms with Crippen molar-refractivity contribution in [2.24, 2.45) is 5.73 Å². The van der Waals surface area contributed by atoms with E-state index in [2.05, 4.69) is 0 Å². The minimum absolute atomic E-state index is 0.0653. The molecule has 1 amide bonds. The number of hydrogen-bond donors (Lipinski definition) is 1. The Morgan fingerprint density at radius 3 is 2.06 bits per heavy atom. The third kappa shape index (κ3) is 3.20. The smallest absolute Gasteiger partial charge is 0.220 e. The molecule has 0 bridgehead atoms. The van der Waals surface area contributed by atoms with Gasteiger partial charge in [0.15, 0.2) is 0 Å². The molecule has 1 aromatic carbocycles. The van der Waals surface area contributed by atoms with E-state index in [1.807, 2.05) is 43.3 Å². The number of carbonyl (C=O) groups is 1. The summed E-state index contributed by atoms with van der Waals surface area (Å²) in [5.74, 6) is -0.0653. The Morgan fingerprint density at radius 1 is 1.22 bits per heavy atom. The molecule has 1 atom stereocenters. The molecule has 1 unspecified atom stereocenters. The summed E-state index contributed by atoms with van der Waals surface area (Å²) in [5, 5.41) is 0. The van der Waals surface area contributed by atoms with Gasteiger partial charge in [0.1, 0.15) is 11.0 Å². The molecule has 0 radical (unpaired) electrons. The van der Waals surface area contributed by atoms with Crippen LogP contribution < -0.4 is 10.6 Å². The Kier molecular flexibility index (Phi) is 4.67. The monoisotopic (exact) mass is 265 g/mol. The van der Waals surface area contributed by atoms with Gasteiger partial charge in [0.05, 0.1) is 0 Å². The summed E-state index contributed by atoms with van der Waals surface area (Å²) in [7, 11) is 5.65. The molecular formula is C13H19N3OS. The minimum atomic E-state index is -0.353. The second kappa shape index (κ2) is 5.82. The van der Waals surface area contributed by atoms with Gasteiger partial charge in [0.2, 0.25) is 5.91 Å². The van der Waals surface area contributed by atoms with E-state index in [1.165, 1.54) is 6.92 Å². The van der Waals surface area contributed by atoms with E-state index in [-0.39, 0.29) is 11.9 Å². The first kappa shape index (κ1) is 14.4. The molecule has 0 fully saturated rings. The summed E-state index contributed by atoms with van der Waals surface area (Å²) in [6.07, 6.45) is 0. The molecule has 0 aliphatic heterocycles. The van der Waals surface area contributed by atoms with Crippen molar-refractivity contribution >= 4 is 28.8 Å². The van der Waals surface area contributed by atoms with Crippen LogP contribution in [0.25, 0.3) is 0 Å². The molecule has 98 valence electrons. The number of rotatable bonds is 4. The van der Waals surface area contributed by atoms with Gasteiger partial charge in [-0.1, -0.05) is 24.4 Å². The van der Waals surface area contributed by atoms with Crippen molar-refractivity contribution in [3.05, 3.63) is 29.8 Å². The molecular weight excluding hydrogens is 246 g/mol. The molecule has 1 aromatic rings. The average molecular weight is 265 g/mol. The Hall–Kier alpha value is -1.62. The van der Waals surface area contributed by atoms with Gasteiger partial charge in [-0.2, -0.15) is 0 Å². The van der Waals surface area contributed by atoms with Crippen molar-refractivity contribution in [1.82, 2.24) is 4.90 Å². The highest BCUT2D eigenvalue weighted by atomic mass is 32.1. The van der Waals surface area contributed by atoms with Crippen LogP contribution in [0.2, 0.25) is 0 Å². The van der Waals surface area contributed by atoms with Gasteiger partial charge < -0.3 is 15.5 Å². The van der Waals surface area contributed by atoms with Crippen LogP contribution >= 0.6 is 12.2 Å². The number of carbonyl (C=O) groups excluding carboxylic acids is 1. The molecule has 2 N–H and O–H groups in total. The summed E-state index contributed by atoms with van der Waals surface area (Å²) >= 11 is 5.05. The van der Waals surface area contributed by atoms with Crippen molar-refractivity contribution in [1.29, 1.82) is 0 Å². The lowest BCUT2D eigenvalue weighted by molar-refractivity contribution is -0.128. The Morgan fingerprint density at radius 2 is 1.72 bits per heavy atom. The van der Waals surface area contributed by atoms with Crippen LogP contribution in [0, 0.1) is 0 Å². The summed E-state index contributed by atoms with van der Waals surface area (Å²) < 4.78 is 0. The van der Waals surface area contributed by atoms with E-state index < -0.39 is 0 Å². The molecule has 4 nitrogen and oxygen atoms in total. The van der Waals surface area contributed by atoms with Gasteiger partial charge >= 0.3 is 0 Å². The quantitative estimate of drug-likeness (QED) is 0.839. The van der Waals surface area contributed by atoms with E-state index in [0.717, 1.165) is 11.3 Å². The zero-order chi connectivity index (χ0) is 13.9. The number of thiocarbonyl (C=S) groups is 1. The van der Waals surface area contributed by atoms with Gasteiger partial charge in [-0.05, 0) is 17.7 Å². The Bertz CT molecular complexity index is 442. The van der Waals surface area contributed by atoms with Crippen LogP contribution in [-0.2, 0) is 4.79 Å². The maximum atomic E-state index is 11.4. The molecule has 0 saturated heterocycles. The Balaban J connectivity index is 3.07. The Labute approximate surface area is 113 Å². The fraction of sp³-hybridized carbons (Fsp3) is 0.385. The third-order valence-corrected chi connectivity index (χ3v) is 3.10. The number of hydrogen-bond acceptors (Lipinski definition) is 3. The average Bonchev–Trinajstić information content (AvgIpc) is 2.29. The van der Waals surface area contributed by atoms with E-state index in [9.17, 15) is 4.79 Å². The largest absolute Gasteiger partial charge is 0.391 e. The van der Waals surface area contributed by atoms with Crippen molar-refractivity contribution in [3.63, 3.8) is 0 Å². The highest BCUT2D eigenvalue weighted by Gasteiger charge is 2.21. The maximum absolute atomic E-state index is 11.4. The highest BCUT2D eigenvalue weighted by molar-refractivity contribution is 7.80. The second-order valence-corrected chi connectivity index (χ2v) is 4.89. The topological polar surface area (TPSA) is 49.6 Å². The maximum Gasteiger partial charge on any atom is 0.220 e. The fourth-order valence-corrected chi connectivity index (χ4v) is 2.01. The molecule has 0 spiro atoms. The molecule has 0 saturated carbocycles. The van der Waals surface area contributed by atoms with Crippen LogP contribution in [0.4, 0.5) is 5.69 Å². The number of likely N-dealkylation sites (N-methyl/N-ethyl adjacent to an activating group) is 1. The lowest BCUT2D eigenvalue weighted by Gasteiger charge is -2.27. The highest BCUT2D eigenvalue weighted by Crippen LogP contribution is 2.22. The molecule has 0 aromatic heterocycles. The van der Waals surface area contributed by atoms with Crippen molar-refractivity contribution in [2.75, 3.05) is 26.0 Å². The molecule has 5 heteroatoms. The zero-order valence-corrected chi connectivity index (χ0v) is 12.0. The van der Waals surface area contributed by atoms with Crippen LogP contribution in [0.5, 0.6) is 0 Å². The predicted molar refractivity (Wildman–Crippen MR) is 78.7 cm³/mol. The predicted octanol–water partition coefficient (Wildman–Crippen LogP) is 1.56. The number of nitrogens with zero attached hydrogens (tertiary/aromatic N) is 2. The van der Waals surface area contributed by atoms with Gasteiger partial charge in [-0.25, -0.2) is 0 Å². The number of amides is 1. The normalized spacial score (nSPS) is 11.8. The molecule has 0 aliphatic rings. The number of nitrogens with two attached hydrogens (primary N) is 1.